The van der Waals surface area contributed by atoms with Gasteiger partial charge < -0.3 is 15.0 Å². The number of carbonyl (C=O) groups is 2. The molecule has 0 saturated carbocycles. The second kappa shape index (κ2) is 8.98. The summed E-state index contributed by atoms with van der Waals surface area (Å²) in [6.07, 6.45) is 0. The summed E-state index contributed by atoms with van der Waals surface area (Å²) < 4.78 is 5.22. The van der Waals surface area contributed by atoms with Crippen molar-refractivity contribution < 1.29 is 19.2 Å². The highest BCUT2D eigenvalue weighted by atomic mass is 16.6. The molecule has 2 rings (SSSR count). The van der Waals surface area contributed by atoms with E-state index in [-0.39, 0.29) is 36.1 Å². The predicted octanol–water partition coefficient (Wildman–Crippen LogP) is 3.32. The van der Waals surface area contributed by atoms with E-state index in [4.69, 9.17) is 4.74 Å². The predicted molar refractivity (Wildman–Crippen MR) is 106 cm³/mol. The fourth-order valence-electron chi connectivity index (χ4n) is 2.77. The minimum absolute atomic E-state index is 0.0967. The summed E-state index contributed by atoms with van der Waals surface area (Å²) in [7, 11) is 1.47. The third-order valence-electron chi connectivity index (χ3n) is 4.18. The van der Waals surface area contributed by atoms with Crippen LogP contribution in [0.3, 0.4) is 0 Å². The average Bonchev–Trinajstić information content (AvgIpc) is 2.64. The number of nitrogens with zero attached hydrogens (tertiary/aromatic N) is 2. The van der Waals surface area contributed by atoms with Crippen LogP contribution in [0.5, 0.6) is 5.75 Å². The maximum absolute atomic E-state index is 12.6. The van der Waals surface area contributed by atoms with Crippen molar-refractivity contribution in [1.29, 1.82) is 0 Å². The Labute approximate surface area is 163 Å². The SMILES string of the molecule is CCOc1ccc(C(=O)N(C)CC(=O)Nc2c(C)cccc2C)cc1[N+](=O)[O-]. The minimum Gasteiger partial charge on any atom is -0.487 e. The van der Waals surface area contributed by atoms with E-state index in [0.717, 1.165) is 17.2 Å². The van der Waals surface area contributed by atoms with Gasteiger partial charge in [0.1, 0.15) is 0 Å². The normalized spacial score (nSPS) is 10.3. The van der Waals surface area contributed by atoms with Gasteiger partial charge in [-0.25, -0.2) is 0 Å². The summed E-state index contributed by atoms with van der Waals surface area (Å²) in [6.45, 7) is 5.57. The first-order valence-electron chi connectivity index (χ1n) is 8.77. The molecule has 28 heavy (non-hydrogen) atoms. The Morgan fingerprint density at radius 3 is 2.39 bits per heavy atom. The molecule has 0 unspecified atom stereocenters. The van der Waals surface area contributed by atoms with Gasteiger partial charge in [0.25, 0.3) is 5.91 Å². The molecule has 2 aromatic carbocycles. The number of amides is 2. The first-order chi connectivity index (χ1) is 13.2. The fraction of sp³-hybridized carbons (Fsp3) is 0.300. The molecule has 0 aliphatic rings. The molecule has 0 saturated heterocycles. The molecule has 0 heterocycles. The molecule has 1 N–H and O–H groups in total. The van der Waals surface area contributed by atoms with Crippen LogP contribution < -0.4 is 10.1 Å². The van der Waals surface area contributed by atoms with Crippen molar-refractivity contribution in [3.05, 3.63) is 63.2 Å². The Morgan fingerprint density at radius 2 is 1.82 bits per heavy atom. The molecule has 0 fully saturated rings. The Hall–Kier alpha value is -3.42. The van der Waals surface area contributed by atoms with Gasteiger partial charge in [0.2, 0.25) is 5.91 Å². The van der Waals surface area contributed by atoms with Crippen LogP contribution >= 0.6 is 0 Å². The summed E-state index contributed by atoms with van der Waals surface area (Å²) in [5, 5.41) is 14.0. The van der Waals surface area contributed by atoms with Gasteiger partial charge in [-0.15, -0.1) is 0 Å². The summed E-state index contributed by atoms with van der Waals surface area (Å²) in [5.74, 6) is -0.754. The van der Waals surface area contributed by atoms with Crippen molar-refractivity contribution in [1.82, 2.24) is 4.90 Å². The zero-order valence-electron chi connectivity index (χ0n) is 16.3. The van der Waals surface area contributed by atoms with Gasteiger partial charge in [-0.2, -0.15) is 0 Å². The zero-order valence-corrected chi connectivity index (χ0v) is 16.3. The Bertz CT molecular complexity index is 890. The monoisotopic (exact) mass is 385 g/mol. The minimum atomic E-state index is -0.602. The second-order valence-electron chi connectivity index (χ2n) is 6.35. The van der Waals surface area contributed by atoms with Gasteiger partial charge >= 0.3 is 5.69 Å². The molecule has 0 aromatic heterocycles. The van der Waals surface area contributed by atoms with Crippen LogP contribution in [0.15, 0.2) is 36.4 Å². The summed E-state index contributed by atoms with van der Waals surface area (Å²) >= 11 is 0. The van der Waals surface area contributed by atoms with Crippen molar-refractivity contribution in [2.45, 2.75) is 20.8 Å². The number of nitrogens with one attached hydrogen (secondary N) is 1. The number of likely N-dealkylation sites (N-methyl/N-ethyl adjacent to an activating group) is 1. The Balaban J connectivity index is 2.13. The quantitative estimate of drug-likeness (QED) is 0.582. The molecular weight excluding hydrogens is 362 g/mol. The van der Waals surface area contributed by atoms with Gasteiger partial charge in [-0.3, -0.25) is 19.7 Å². The van der Waals surface area contributed by atoms with Crippen LogP contribution in [-0.2, 0) is 4.79 Å². The third-order valence-corrected chi connectivity index (χ3v) is 4.18. The fourth-order valence-corrected chi connectivity index (χ4v) is 2.77. The molecule has 2 amide bonds. The molecule has 0 aliphatic heterocycles. The lowest BCUT2D eigenvalue weighted by molar-refractivity contribution is -0.385. The Kier molecular flexibility index (Phi) is 6.70. The maximum atomic E-state index is 12.6. The van der Waals surface area contributed by atoms with Crippen LogP contribution in [-0.4, -0.2) is 41.8 Å². The molecule has 0 aliphatic carbocycles. The number of aryl methyl sites for hydroxylation is 2. The molecule has 2 aromatic rings. The molecule has 0 spiro atoms. The van der Waals surface area contributed by atoms with Crippen molar-refractivity contribution in [3.63, 3.8) is 0 Å². The van der Waals surface area contributed by atoms with E-state index in [0.29, 0.717) is 5.69 Å². The second-order valence-corrected chi connectivity index (χ2v) is 6.35. The van der Waals surface area contributed by atoms with Gasteiger partial charge in [-0.1, -0.05) is 18.2 Å². The number of anilines is 1. The van der Waals surface area contributed by atoms with E-state index in [1.54, 1.807) is 6.92 Å². The molecule has 8 nitrogen and oxygen atoms in total. The lowest BCUT2D eigenvalue weighted by Gasteiger charge is -2.18. The van der Waals surface area contributed by atoms with Crippen LogP contribution in [0.2, 0.25) is 0 Å². The molecule has 0 bridgehead atoms. The van der Waals surface area contributed by atoms with Crippen molar-refractivity contribution in [2.24, 2.45) is 0 Å². The summed E-state index contributed by atoms with van der Waals surface area (Å²) in [6, 6.07) is 9.66. The summed E-state index contributed by atoms with van der Waals surface area (Å²) in [5.41, 5.74) is 2.37. The number of nitro benzene ring substituents is 1. The highest BCUT2D eigenvalue weighted by Crippen LogP contribution is 2.28. The van der Waals surface area contributed by atoms with Crippen molar-refractivity contribution in [3.8, 4) is 5.75 Å². The first kappa shape index (κ1) is 20.9. The molecular formula is C20H23N3O5. The van der Waals surface area contributed by atoms with Crippen molar-refractivity contribution in [2.75, 3.05) is 25.5 Å². The highest BCUT2D eigenvalue weighted by molar-refractivity contribution is 6.00. The van der Waals surface area contributed by atoms with Gasteiger partial charge in [0.15, 0.2) is 5.75 Å². The number of carbonyl (C=O) groups excluding carboxylic acids is 2. The topological polar surface area (TPSA) is 102 Å². The number of hydrogen-bond donors (Lipinski definition) is 1. The third kappa shape index (κ3) is 4.85. The number of para-hydroxylation sites is 1. The van der Waals surface area contributed by atoms with Crippen LogP contribution in [0.25, 0.3) is 0 Å². The number of rotatable bonds is 7. The zero-order chi connectivity index (χ0) is 20.8. The van der Waals surface area contributed by atoms with E-state index < -0.39 is 10.8 Å². The average molecular weight is 385 g/mol. The van der Waals surface area contributed by atoms with Gasteiger partial charge in [0.05, 0.1) is 18.1 Å². The standard InChI is InChI=1S/C20H23N3O5/c1-5-28-17-10-9-15(11-16(17)23(26)27)20(25)22(4)12-18(24)21-19-13(2)7-6-8-14(19)3/h6-11H,5,12H2,1-4H3,(H,21,24). The van der Waals surface area contributed by atoms with E-state index in [2.05, 4.69) is 5.32 Å². The first-order valence-corrected chi connectivity index (χ1v) is 8.77. The molecule has 0 radical (unpaired) electrons. The highest BCUT2D eigenvalue weighted by Gasteiger charge is 2.21. The summed E-state index contributed by atoms with van der Waals surface area (Å²) in [4.78, 5) is 36.8. The number of hydrogen-bond acceptors (Lipinski definition) is 5. The molecule has 0 atom stereocenters. The largest absolute Gasteiger partial charge is 0.487 e. The molecule has 8 heteroatoms. The van der Waals surface area contributed by atoms with Gasteiger partial charge in [-0.05, 0) is 44.0 Å². The van der Waals surface area contributed by atoms with Crippen LogP contribution in [0.1, 0.15) is 28.4 Å². The van der Waals surface area contributed by atoms with Gasteiger partial charge in [0, 0.05) is 24.4 Å². The van der Waals surface area contributed by atoms with Crippen LogP contribution in [0.4, 0.5) is 11.4 Å². The van der Waals surface area contributed by atoms with Crippen molar-refractivity contribution >= 4 is 23.2 Å². The van der Waals surface area contributed by atoms with E-state index in [1.165, 1.54) is 24.1 Å². The van der Waals surface area contributed by atoms with E-state index >= 15 is 0 Å². The Morgan fingerprint density at radius 1 is 1.18 bits per heavy atom. The maximum Gasteiger partial charge on any atom is 0.311 e. The lowest BCUT2D eigenvalue weighted by Crippen LogP contribution is -2.35. The van der Waals surface area contributed by atoms with Crippen LogP contribution in [0, 0.1) is 24.0 Å². The number of benzene rings is 2. The molecule has 148 valence electrons. The van der Waals surface area contributed by atoms with E-state index in [9.17, 15) is 19.7 Å². The number of ether oxygens (including phenoxy) is 1. The van der Waals surface area contributed by atoms with E-state index in [1.807, 2.05) is 32.0 Å². The lowest BCUT2D eigenvalue weighted by atomic mass is 10.1. The smallest absolute Gasteiger partial charge is 0.311 e. The number of nitro groups is 1.